The highest BCUT2D eigenvalue weighted by atomic mass is 35.5. The van der Waals surface area contributed by atoms with Crippen molar-refractivity contribution in [1.29, 1.82) is 0 Å². The molecule has 0 saturated carbocycles. The topological polar surface area (TPSA) is 65.0 Å². The fourth-order valence-corrected chi connectivity index (χ4v) is 3.35. The third-order valence-electron chi connectivity index (χ3n) is 3.88. The summed E-state index contributed by atoms with van der Waals surface area (Å²) in [7, 11) is 1.94. The zero-order chi connectivity index (χ0) is 17.1. The lowest BCUT2D eigenvalue weighted by Crippen LogP contribution is -2.20. The van der Waals surface area contributed by atoms with E-state index in [-0.39, 0.29) is 11.9 Å². The second kappa shape index (κ2) is 7.42. The molecule has 2 heterocycles. The third kappa shape index (κ3) is 3.36. The van der Waals surface area contributed by atoms with Crippen molar-refractivity contribution in [3.05, 3.63) is 53.1 Å². The van der Waals surface area contributed by atoms with E-state index in [9.17, 15) is 0 Å². The van der Waals surface area contributed by atoms with Crippen molar-refractivity contribution >= 4 is 41.0 Å². The lowest BCUT2D eigenvalue weighted by atomic mass is 10.2. The van der Waals surface area contributed by atoms with Crippen LogP contribution in [0.1, 0.15) is 23.2 Å². The minimum absolute atomic E-state index is 0.147. The van der Waals surface area contributed by atoms with Gasteiger partial charge in [-0.25, -0.2) is 4.98 Å². The third-order valence-corrected chi connectivity index (χ3v) is 4.76. The van der Waals surface area contributed by atoms with Gasteiger partial charge in [-0.2, -0.15) is 12.6 Å². The van der Waals surface area contributed by atoms with E-state index in [1.54, 1.807) is 6.20 Å². The number of rotatable bonds is 6. The van der Waals surface area contributed by atoms with Crippen molar-refractivity contribution in [3.63, 3.8) is 0 Å². The van der Waals surface area contributed by atoms with Crippen LogP contribution in [-0.4, -0.2) is 40.3 Å². The molecule has 0 spiro atoms. The zero-order valence-corrected chi connectivity index (χ0v) is 14.9. The van der Waals surface area contributed by atoms with Crippen LogP contribution in [-0.2, 0) is 0 Å². The van der Waals surface area contributed by atoms with Crippen LogP contribution in [0.5, 0.6) is 0 Å². The molecule has 7 heteroatoms. The molecule has 0 aliphatic rings. The fourth-order valence-electron chi connectivity index (χ4n) is 2.59. The van der Waals surface area contributed by atoms with E-state index in [0.29, 0.717) is 29.5 Å². The van der Waals surface area contributed by atoms with Gasteiger partial charge in [-0.05, 0) is 24.6 Å². The molecular weight excluding hydrogens is 344 g/mol. The number of aromatic nitrogens is 3. The maximum absolute atomic E-state index is 9.00. The number of pyridine rings is 1. The predicted octanol–water partition coefficient (Wildman–Crippen LogP) is 3.45. The number of aliphatic hydroxyl groups excluding tert-OH is 1. The molecule has 126 valence electrons. The molecule has 0 aliphatic heterocycles. The highest BCUT2D eigenvalue weighted by Gasteiger charge is 2.21. The zero-order valence-electron chi connectivity index (χ0n) is 13.3. The van der Waals surface area contributed by atoms with Gasteiger partial charge in [0.25, 0.3) is 0 Å². The molecule has 3 rings (SSSR count). The Hall–Kier alpha value is -1.76. The number of fused-ring (bicyclic) bond motifs is 1. The van der Waals surface area contributed by atoms with E-state index in [1.165, 1.54) is 0 Å². The Morgan fingerprint density at radius 3 is 2.88 bits per heavy atom. The number of imidazole rings is 1. The van der Waals surface area contributed by atoms with Gasteiger partial charge < -0.3 is 15.0 Å². The number of hydrogen-bond donors (Lipinski definition) is 3. The molecule has 0 fully saturated rings. The summed E-state index contributed by atoms with van der Waals surface area (Å²) in [4.78, 5) is 14.3. The minimum Gasteiger partial charge on any atom is -0.396 e. The van der Waals surface area contributed by atoms with Crippen molar-refractivity contribution < 1.29 is 5.11 Å². The van der Waals surface area contributed by atoms with E-state index in [0.717, 1.165) is 16.7 Å². The number of anilines is 1. The van der Waals surface area contributed by atoms with Gasteiger partial charge >= 0.3 is 0 Å². The van der Waals surface area contributed by atoms with Gasteiger partial charge in [-0.15, -0.1) is 0 Å². The highest BCUT2D eigenvalue weighted by molar-refractivity contribution is 7.80. The average Bonchev–Trinajstić information content (AvgIpc) is 3.03. The van der Waals surface area contributed by atoms with Crippen LogP contribution in [0.25, 0.3) is 11.0 Å². The minimum atomic E-state index is -0.351. The number of H-pyrrole nitrogens is 1. The van der Waals surface area contributed by atoms with Gasteiger partial charge in [0.1, 0.15) is 11.1 Å². The van der Waals surface area contributed by atoms with Crippen LogP contribution in [0.15, 0.2) is 36.5 Å². The quantitative estimate of drug-likeness (QED) is 0.588. The maximum atomic E-state index is 9.00. The number of benzene rings is 1. The molecule has 2 aromatic heterocycles. The second-order valence-corrected chi connectivity index (χ2v) is 6.46. The molecule has 1 aromatic carbocycles. The normalized spacial score (nSPS) is 12.5. The Morgan fingerprint density at radius 2 is 2.12 bits per heavy atom. The summed E-state index contributed by atoms with van der Waals surface area (Å²) >= 11 is 11.2. The summed E-state index contributed by atoms with van der Waals surface area (Å²) in [6.45, 7) is 0.857. The monoisotopic (exact) mass is 362 g/mol. The average molecular weight is 363 g/mol. The second-order valence-electron chi connectivity index (χ2n) is 5.57. The summed E-state index contributed by atoms with van der Waals surface area (Å²) in [5.74, 6) is 0.712. The van der Waals surface area contributed by atoms with E-state index in [4.69, 9.17) is 16.7 Å². The maximum Gasteiger partial charge on any atom is 0.126 e. The number of para-hydroxylation sites is 2. The van der Waals surface area contributed by atoms with E-state index < -0.39 is 0 Å². The van der Waals surface area contributed by atoms with E-state index in [2.05, 4.69) is 27.6 Å². The standard InChI is InChI=1S/C17H19ClN4OS/c1-22(9-4-10-23)13-7-8-19-15(14(13)18)16(24)17-20-11-5-2-3-6-12(11)21-17/h2-3,5-8,16,23-24H,4,9-10H2,1H3,(H,20,21). The van der Waals surface area contributed by atoms with Crippen molar-refractivity contribution in [1.82, 2.24) is 15.0 Å². The number of hydrogen-bond acceptors (Lipinski definition) is 5. The van der Waals surface area contributed by atoms with Crippen LogP contribution in [0.3, 0.4) is 0 Å². The first kappa shape index (κ1) is 17.1. The number of nitrogens with one attached hydrogen (secondary N) is 1. The predicted molar refractivity (Wildman–Crippen MR) is 101 cm³/mol. The molecule has 0 saturated heterocycles. The fraction of sp³-hybridized carbons (Fsp3) is 0.294. The number of nitrogens with zero attached hydrogens (tertiary/aromatic N) is 3. The Bertz CT molecular complexity index is 805. The lowest BCUT2D eigenvalue weighted by molar-refractivity contribution is 0.290. The van der Waals surface area contributed by atoms with Gasteiger partial charge in [0.2, 0.25) is 0 Å². The van der Waals surface area contributed by atoms with Crippen molar-refractivity contribution in [3.8, 4) is 0 Å². The van der Waals surface area contributed by atoms with Crippen molar-refractivity contribution in [2.24, 2.45) is 0 Å². The van der Waals surface area contributed by atoms with Gasteiger partial charge in [0.15, 0.2) is 0 Å². The van der Waals surface area contributed by atoms with E-state index >= 15 is 0 Å². The molecule has 5 nitrogen and oxygen atoms in total. The summed E-state index contributed by atoms with van der Waals surface area (Å²) in [5, 5.41) is 9.20. The highest BCUT2D eigenvalue weighted by Crippen LogP contribution is 2.36. The first-order valence-corrected chi connectivity index (χ1v) is 8.60. The van der Waals surface area contributed by atoms with Crippen molar-refractivity contribution in [2.45, 2.75) is 11.7 Å². The molecular formula is C17H19ClN4OS. The molecule has 3 aromatic rings. The van der Waals surface area contributed by atoms with Gasteiger partial charge in [-0.3, -0.25) is 4.98 Å². The summed E-state index contributed by atoms with van der Waals surface area (Å²) in [5.41, 5.74) is 3.37. The summed E-state index contributed by atoms with van der Waals surface area (Å²) in [6, 6.07) is 9.69. The summed E-state index contributed by atoms with van der Waals surface area (Å²) < 4.78 is 0. The molecule has 0 aliphatic carbocycles. The molecule has 0 radical (unpaired) electrons. The van der Waals surface area contributed by atoms with Crippen LogP contribution in [0.2, 0.25) is 5.02 Å². The summed E-state index contributed by atoms with van der Waals surface area (Å²) in [6.07, 6.45) is 2.40. The smallest absolute Gasteiger partial charge is 0.126 e. The first-order chi connectivity index (χ1) is 11.6. The van der Waals surface area contributed by atoms with Gasteiger partial charge in [0, 0.05) is 26.4 Å². The van der Waals surface area contributed by atoms with Gasteiger partial charge in [0.05, 0.1) is 27.4 Å². The molecule has 0 amide bonds. The van der Waals surface area contributed by atoms with Crippen LogP contribution in [0.4, 0.5) is 5.69 Å². The molecule has 1 atom stereocenters. The van der Waals surface area contributed by atoms with E-state index in [1.807, 2.05) is 42.3 Å². The van der Waals surface area contributed by atoms with Crippen molar-refractivity contribution in [2.75, 3.05) is 25.1 Å². The Kier molecular flexibility index (Phi) is 5.28. The number of aliphatic hydroxyl groups is 1. The first-order valence-electron chi connectivity index (χ1n) is 7.71. The number of aromatic amines is 1. The molecule has 2 N–H and O–H groups in total. The SMILES string of the molecule is CN(CCCO)c1ccnc(C(S)c2nc3ccccc3[nH]2)c1Cl. The van der Waals surface area contributed by atoms with Crippen LogP contribution >= 0.6 is 24.2 Å². The largest absolute Gasteiger partial charge is 0.396 e. The Labute approximate surface area is 151 Å². The number of thiol groups is 1. The van der Waals surface area contributed by atoms with Crippen LogP contribution < -0.4 is 4.90 Å². The molecule has 24 heavy (non-hydrogen) atoms. The van der Waals surface area contributed by atoms with Crippen LogP contribution in [0, 0.1) is 0 Å². The Morgan fingerprint density at radius 1 is 1.33 bits per heavy atom. The molecule has 1 unspecified atom stereocenters. The van der Waals surface area contributed by atoms with Gasteiger partial charge in [-0.1, -0.05) is 23.7 Å². The molecule has 0 bridgehead atoms. The Balaban J connectivity index is 1.93. The lowest BCUT2D eigenvalue weighted by Gasteiger charge is -2.22. The number of halogens is 1.